The molecule has 11 rings (SSSR count). The maximum atomic E-state index is 14.1. The molecule has 2 spiro atoms. The van der Waals surface area contributed by atoms with Crippen LogP contribution in [0.15, 0.2) is 24.3 Å². The molecule has 10 aliphatic rings. The van der Waals surface area contributed by atoms with E-state index in [1.807, 2.05) is 13.8 Å². The summed E-state index contributed by atoms with van der Waals surface area (Å²) in [6.07, 6.45) is 6.84. The van der Waals surface area contributed by atoms with Gasteiger partial charge in [0.25, 0.3) is 0 Å². The standard InChI is InChI=1S/C41H59FO10S/c1-23-7-13-32-25(3)34(45-36-40(32)30(23)15-17-38(5,47-36)49-51-40)19-28(22-53(43,44)21-27-9-11-29(42)12-10-27)20-35-26(4)33-14-8-24(2)31-16-18-39(6)48-37(46-35)41(31,33)52-50-39/h9-12,23-26,28,30-37H,7-8,13-22H2,1-6H3/t23-,24-,25-,26-,30+,31+,32+,33+,34-,35-,36-,37-,38-,39-,40-,41-/m1/s1. The third kappa shape index (κ3) is 6.10. The maximum absolute atomic E-state index is 14.1. The van der Waals surface area contributed by atoms with Gasteiger partial charge in [-0.3, -0.25) is 0 Å². The average Bonchev–Trinajstić information content (AvgIpc) is 3.48. The average molecular weight is 763 g/mol. The van der Waals surface area contributed by atoms with Crippen LogP contribution in [0.1, 0.15) is 111 Å². The summed E-state index contributed by atoms with van der Waals surface area (Å²) in [5.41, 5.74) is -0.803. The highest BCUT2D eigenvalue weighted by molar-refractivity contribution is 7.90. The van der Waals surface area contributed by atoms with Crippen LogP contribution in [0.4, 0.5) is 4.39 Å². The third-order valence-electron chi connectivity index (χ3n) is 15.5. The zero-order valence-corrected chi connectivity index (χ0v) is 33.0. The van der Waals surface area contributed by atoms with Crippen molar-refractivity contribution in [2.75, 3.05) is 5.75 Å². The summed E-state index contributed by atoms with van der Waals surface area (Å²) >= 11 is 0. The molecule has 296 valence electrons. The minimum absolute atomic E-state index is 0.0415. The summed E-state index contributed by atoms with van der Waals surface area (Å²) in [6, 6.07) is 5.75. The molecule has 0 radical (unpaired) electrons. The molecular formula is C41H59FO10S. The topological polar surface area (TPSA) is 108 Å². The molecule has 12 heteroatoms. The van der Waals surface area contributed by atoms with Crippen molar-refractivity contribution in [2.24, 2.45) is 53.3 Å². The van der Waals surface area contributed by atoms with Gasteiger partial charge >= 0.3 is 0 Å². The number of rotatable bonds is 8. The maximum Gasteiger partial charge on any atom is 0.201 e. The van der Waals surface area contributed by atoms with E-state index in [2.05, 4.69) is 27.7 Å². The Kier molecular flexibility index (Phi) is 9.28. The third-order valence-corrected chi connectivity index (χ3v) is 17.3. The Bertz CT molecular complexity index is 1560. The molecule has 8 aliphatic heterocycles. The fraction of sp³-hybridized carbons (Fsp3) is 0.854. The second-order valence-electron chi connectivity index (χ2n) is 18.9. The van der Waals surface area contributed by atoms with Crippen molar-refractivity contribution in [3.63, 3.8) is 0 Å². The number of fused-ring (bicyclic) bond motifs is 4. The van der Waals surface area contributed by atoms with Gasteiger partial charge in [-0.25, -0.2) is 32.4 Å². The molecule has 1 aromatic rings. The molecule has 8 heterocycles. The quantitative estimate of drug-likeness (QED) is 0.245. The molecule has 0 aromatic heterocycles. The van der Waals surface area contributed by atoms with E-state index in [0.29, 0.717) is 30.2 Å². The minimum atomic E-state index is -3.61. The Morgan fingerprint density at radius 2 is 1.15 bits per heavy atom. The van der Waals surface area contributed by atoms with E-state index in [9.17, 15) is 12.8 Å². The van der Waals surface area contributed by atoms with Gasteiger partial charge in [-0.05, 0) is 124 Å². The summed E-state index contributed by atoms with van der Waals surface area (Å²) in [4.78, 5) is 24.9. The molecule has 2 aliphatic carbocycles. The first-order valence-electron chi connectivity index (χ1n) is 20.5. The molecule has 53 heavy (non-hydrogen) atoms. The summed E-state index contributed by atoms with van der Waals surface area (Å²) in [5, 5.41) is 0. The van der Waals surface area contributed by atoms with Gasteiger partial charge in [0.1, 0.15) is 5.82 Å². The molecule has 10 fully saturated rings. The fourth-order valence-corrected chi connectivity index (χ4v) is 14.4. The molecule has 2 saturated carbocycles. The van der Waals surface area contributed by atoms with E-state index in [0.717, 1.165) is 51.4 Å². The Hall–Kier alpha value is -1.22. The van der Waals surface area contributed by atoms with Crippen molar-refractivity contribution in [3.05, 3.63) is 35.6 Å². The van der Waals surface area contributed by atoms with Crippen LogP contribution in [0.2, 0.25) is 0 Å². The van der Waals surface area contributed by atoms with Gasteiger partial charge < -0.3 is 18.9 Å². The van der Waals surface area contributed by atoms with Gasteiger partial charge in [-0.2, -0.15) is 0 Å². The lowest BCUT2D eigenvalue weighted by Gasteiger charge is -2.61. The van der Waals surface area contributed by atoms with Crippen molar-refractivity contribution < 1.29 is 51.3 Å². The van der Waals surface area contributed by atoms with Crippen LogP contribution < -0.4 is 0 Å². The van der Waals surface area contributed by atoms with Gasteiger partial charge in [-0.1, -0.05) is 39.8 Å². The highest BCUT2D eigenvalue weighted by Crippen LogP contribution is 2.63. The van der Waals surface area contributed by atoms with Gasteiger partial charge in [0.2, 0.25) is 11.6 Å². The zero-order chi connectivity index (χ0) is 37.1. The fourth-order valence-electron chi connectivity index (χ4n) is 12.6. The number of hydrogen-bond donors (Lipinski definition) is 0. The van der Waals surface area contributed by atoms with Gasteiger partial charge in [0, 0.05) is 24.7 Å². The number of hydrogen-bond acceptors (Lipinski definition) is 10. The van der Waals surface area contributed by atoms with Crippen molar-refractivity contribution >= 4 is 9.84 Å². The SMILES string of the molecule is C[C@H]1[C@@H](CC(C[C@H]2O[C@@H]3O[C@@]4(C)CC[C@H]5[C@H](C)CC[C@@H]([C@H]2C)[C@@]35OO4)CS(=O)(=O)Cc2ccc(F)cc2)O[C@@H]2O[C@@]3(C)CC[C@H]4[C@H](C)CC[C@@H]1[C@@]24OO3. The molecule has 10 nitrogen and oxygen atoms in total. The Balaban J connectivity index is 1.02. The normalized spacial score (nSPS) is 50.8. The lowest BCUT2D eigenvalue weighted by molar-refractivity contribution is -0.571. The van der Waals surface area contributed by atoms with Crippen LogP contribution in [-0.2, 0) is 54.1 Å². The lowest BCUT2D eigenvalue weighted by atomic mass is 9.56. The van der Waals surface area contributed by atoms with Crippen LogP contribution in [0.5, 0.6) is 0 Å². The van der Waals surface area contributed by atoms with E-state index in [4.69, 9.17) is 38.5 Å². The van der Waals surface area contributed by atoms with E-state index in [-0.39, 0.29) is 71.0 Å². The highest BCUT2D eigenvalue weighted by atomic mass is 32.2. The predicted octanol–water partition coefficient (Wildman–Crippen LogP) is 7.64. The van der Waals surface area contributed by atoms with Crippen LogP contribution in [-0.4, -0.2) is 61.7 Å². The zero-order valence-electron chi connectivity index (χ0n) is 32.2. The summed E-state index contributed by atoms with van der Waals surface area (Å²) in [7, 11) is -3.61. The van der Waals surface area contributed by atoms with Crippen molar-refractivity contribution in [1.82, 2.24) is 0 Å². The highest BCUT2D eigenvalue weighted by Gasteiger charge is 2.71. The van der Waals surface area contributed by atoms with Crippen LogP contribution in [0.25, 0.3) is 0 Å². The Morgan fingerprint density at radius 1 is 0.679 bits per heavy atom. The molecule has 4 bridgehead atoms. The molecule has 0 N–H and O–H groups in total. The predicted molar refractivity (Wildman–Crippen MR) is 190 cm³/mol. The van der Waals surface area contributed by atoms with Crippen molar-refractivity contribution in [1.29, 1.82) is 0 Å². The summed E-state index contributed by atoms with van der Waals surface area (Å²) in [6.45, 7) is 13.0. The monoisotopic (exact) mass is 762 g/mol. The first-order chi connectivity index (χ1) is 25.1. The molecule has 1 aromatic carbocycles. The van der Waals surface area contributed by atoms with Gasteiger partial charge in [0.15, 0.2) is 33.6 Å². The first kappa shape index (κ1) is 37.4. The van der Waals surface area contributed by atoms with Gasteiger partial charge in [0.05, 0.1) is 23.7 Å². The van der Waals surface area contributed by atoms with E-state index in [1.54, 1.807) is 12.1 Å². The van der Waals surface area contributed by atoms with Crippen LogP contribution >= 0.6 is 0 Å². The van der Waals surface area contributed by atoms with E-state index < -0.39 is 45.2 Å². The van der Waals surface area contributed by atoms with Crippen molar-refractivity contribution in [3.8, 4) is 0 Å². The van der Waals surface area contributed by atoms with Gasteiger partial charge in [-0.15, -0.1) is 0 Å². The minimum Gasteiger partial charge on any atom is -0.346 e. The molecule has 0 amide bonds. The second-order valence-corrected chi connectivity index (χ2v) is 21.0. The Morgan fingerprint density at radius 3 is 1.62 bits per heavy atom. The lowest BCUT2D eigenvalue weighted by Crippen LogP contribution is -2.70. The smallest absolute Gasteiger partial charge is 0.201 e. The number of halogens is 1. The Labute approximate surface area is 314 Å². The van der Waals surface area contributed by atoms with E-state index in [1.165, 1.54) is 12.1 Å². The number of benzene rings is 1. The number of ether oxygens (including phenoxy) is 4. The number of sulfone groups is 1. The van der Waals surface area contributed by atoms with Crippen molar-refractivity contribution in [2.45, 2.75) is 159 Å². The molecular weight excluding hydrogens is 704 g/mol. The molecule has 8 saturated heterocycles. The summed E-state index contributed by atoms with van der Waals surface area (Å²) < 4.78 is 69.3. The molecule has 16 atom stereocenters. The second kappa shape index (κ2) is 13.2. The van der Waals surface area contributed by atoms with Crippen LogP contribution in [0.3, 0.4) is 0 Å². The first-order valence-corrected chi connectivity index (χ1v) is 22.3. The van der Waals surface area contributed by atoms with E-state index >= 15 is 0 Å². The molecule has 0 unspecified atom stereocenters. The van der Waals surface area contributed by atoms with Crippen LogP contribution in [0, 0.1) is 59.1 Å². The summed E-state index contributed by atoms with van der Waals surface area (Å²) in [5.74, 6) is -0.806. The largest absolute Gasteiger partial charge is 0.346 e.